The highest BCUT2D eigenvalue weighted by Crippen LogP contribution is 2.33. The number of unbranched alkanes of at least 4 members (excludes halogenated alkanes) is 1. The zero-order valence-corrected chi connectivity index (χ0v) is 14.5. The summed E-state index contributed by atoms with van der Waals surface area (Å²) in [6.45, 7) is 2.82. The Bertz CT molecular complexity index is 802. The predicted octanol–water partition coefficient (Wildman–Crippen LogP) is 4.62. The normalized spacial score (nSPS) is 15.0. The van der Waals surface area contributed by atoms with Crippen LogP contribution in [0.4, 0.5) is 11.4 Å². The van der Waals surface area contributed by atoms with Crippen molar-refractivity contribution in [3.63, 3.8) is 0 Å². The zero-order chi connectivity index (χ0) is 17.1. The van der Waals surface area contributed by atoms with E-state index in [1.54, 1.807) is 25.3 Å². The molecule has 5 heteroatoms. The minimum Gasteiger partial charge on any atom is -0.495 e. The van der Waals surface area contributed by atoms with E-state index in [4.69, 9.17) is 16.3 Å². The Morgan fingerprint density at radius 1 is 1.21 bits per heavy atom. The molecule has 3 rings (SSSR count). The number of benzene rings is 2. The molecule has 24 heavy (non-hydrogen) atoms. The molecule has 0 atom stereocenters. The smallest absolute Gasteiger partial charge is 0.277 e. The van der Waals surface area contributed by atoms with Crippen LogP contribution in [-0.2, 0) is 4.79 Å². The fraction of sp³-hybridized carbons (Fsp3) is 0.263. The zero-order valence-electron chi connectivity index (χ0n) is 13.8. The number of hydrogen-bond donors (Lipinski definition) is 0. The van der Waals surface area contributed by atoms with E-state index >= 15 is 0 Å². The van der Waals surface area contributed by atoms with Crippen molar-refractivity contribution >= 4 is 34.6 Å². The molecule has 0 aromatic heterocycles. The molecule has 0 bridgehead atoms. The molecule has 0 unspecified atom stereocenters. The summed E-state index contributed by atoms with van der Waals surface area (Å²) >= 11 is 6.16. The number of nitrogens with zero attached hydrogens (tertiary/aromatic N) is 2. The van der Waals surface area contributed by atoms with Crippen LogP contribution < -0.4 is 9.64 Å². The molecule has 124 valence electrons. The summed E-state index contributed by atoms with van der Waals surface area (Å²) in [7, 11) is 1.56. The fourth-order valence-corrected chi connectivity index (χ4v) is 3.01. The highest BCUT2D eigenvalue weighted by molar-refractivity contribution is 6.54. The molecule has 2 aromatic rings. The molecular formula is C19H19ClN2O2. The SMILES string of the molecule is CCCCN1C(=O)C(=Nc2ccc(OC)c(Cl)c2)c2ccccc21. The van der Waals surface area contributed by atoms with Crippen molar-refractivity contribution in [3.05, 3.63) is 53.1 Å². The number of hydrogen-bond acceptors (Lipinski definition) is 3. The van der Waals surface area contributed by atoms with Gasteiger partial charge in [-0.15, -0.1) is 0 Å². The van der Waals surface area contributed by atoms with Gasteiger partial charge in [0.1, 0.15) is 11.5 Å². The maximum Gasteiger partial charge on any atom is 0.277 e. The highest BCUT2D eigenvalue weighted by atomic mass is 35.5. The fourth-order valence-electron chi connectivity index (χ4n) is 2.76. The Kier molecular flexibility index (Phi) is 4.86. The van der Waals surface area contributed by atoms with Crippen LogP contribution in [0.1, 0.15) is 25.3 Å². The number of methoxy groups -OCH3 is 1. The van der Waals surface area contributed by atoms with E-state index in [1.165, 1.54) is 0 Å². The maximum atomic E-state index is 12.8. The van der Waals surface area contributed by atoms with Gasteiger partial charge in [-0.25, -0.2) is 4.99 Å². The molecule has 0 fully saturated rings. The minimum atomic E-state index is -0.0587. The number of carbonyl (C=O) groups is 1. The predicted molar refractivity (Wildman–Crippen MR) is 97.9 cm³/mol. The van der Waals surface area contributed by atoms with Crippen LogP contribution in [0.15, 0.2) is 47.5 Å². The van der Waals surface area contributed by atoms with Crippen molar-refractivity contribution in [2.75, 3.05) is 18.6 Å². The first-order valence-electron chi connectivity index (χ1n) is 7.99. The van der Waals surface area contributed by atoms with Gasteiger partial charge in [0.2, 0.25) is 0 Å². The molecule has 0 saturated carbocycles. The van der Waals surface area contributed by atoms with Crippen molar-refractivity contribution in [1.29, 1.82) is 0 Å². The van der Waals surface area contributed by atoms with Crippen LogP contribution >= 0.6 is 11.6 Å². The van der Waals surface area contributed by atoms with E-state index in [0.717, 1.165) is 24.1 Å². The lowest BCUT2D eigenvalue weighted by molar-refractivity contribution is -0.112. The molecule has 1 aliphatic rings. The average molecular weight is 343 g/mol. The second-order valence-electron chi connectivity index (χ2n) is 5.61. The van der Waals surface area contributed by atoms with Gasteiger partial charge in [-0.05, 0) is 30.7 Å². The molecule has 0 radical (unpaired) electrons. The Balaban J connectivity index is 2.01. The van der Waals surface area contributed by atoms with E-state index in [0.29, 0.717) is 28.7 Å². The third-order valence-corrected chi connectivity index (χ3v) is 4.30. The minimum absolute atomic E-state index is 0.0587. The molecule has 0 N–H and O–H groups in total. The summed E-state index contributed by atoms with van der Waals surface area (Å²) in [5.41, 5.74) is 2.89. The van der Waals surface area contributed by atoms with Crippen LogP contribution in [0.5, 0.6) is 5.75 Å². The Morgan fingerprint density at radius 2 is 2.00 bits per heavy atom. The number of anilines is 1. The van der Waals surface area contributed by atoms with Gasteiger partial charge in [0.05, 0.1) is 23.5 Å². The quantitative estimate of drug-likeness (QED) is 0.795. The molecule has 0 saturated heterocycles. The summed E-state index contributed by atoms with van der Waals surface area (Å²) in [5, 5.41) is 0.473. The van der Waals surface area contributed by atoms with Gasteiger partial charge < -0.3 is 9.64 Å². The van der Waals surface area contributed by atoms with Gasteiger partial charge in [-0.2, -0.15) is 0 Å². The summed E-state index contributed by atoms with van der Waals surface area (Å²) in [5.74, 6) is 0.528. The first-order chi connectivity index (χ1) is 11.7. The molecular weight excluding hydrogens is 324 g/mol. The number of carbonyl (C=O) groups excluding carboxylic acids is 1. The second-order valence-corrected chi connectivity index (χ2v) is 6.01. The third kappa shape index (κ3) is 3.02. The van der Waals surface area contributed by atoms with E-state index in [2.05, 4.69) is 11.9 Å². The van der Waals surface area contributed by atoms with Crippen LogP contribution in [0.2, 0.25) is 5.02 Å². The Hall–Kier alpha value is -2.33. The van der Waals surface area contributed by atoms with Crippen LogP contribution in [0.3, 0.4) is 0 Å². The Labute approximate surface area is 146 Å². The van der Waals surface area contributed by atoms with Gasteiger partial charge in [-0.1, -0.05) is 43.1 Å². The second kappa shape index (κ2) is 7.05. The lowest BCUT2D eigenvalue weighted by Crippen LogP contribution is -2.30. The highest BCUT2D eigenvalue weighted by Gasteiger charge is 2.33. The van der Waals surface area contributed by atoms with Crippen molar-refractivity contribution in [2.45, 2.75) is 19.8 Å². The maximum absolute atomic E-state index is 12.8. The molecule has 1 amide bonds. The van der Waals surface area contributed by atoms with E-state index in [9.17, 15) is 4.79 Å². The van der Waals surface area contributed by atoms with Crippen molar-refractivity contribution < 1.29 is 9.53 Å². The molecule has 1 aliphatic heterocycles. The summed E-state index contributed by atoms with van der Waals surface area (Å²) in [4.78, 5) is 19.2. The summed E-state index contributed by atoms with van der Waals surface area (Å²) < 4.78 is 5.15. The van der Waals surface area contributed by atoms with Crippen molar-refractivity contribution in [3.8, 4) is 5.75 Å². The van der Waals surface area contributed by atoms with Crippen LogP contribution in [0.25, 0.3) is 0 Å². The van der Waals surface area contributed by atoms with E-state index in [-0.39, 0.29) is 5.91 Å². The first kappa shape index (κ1) is 16.5. The molecule has 2 aromatic carbocycles. The lowest BCUT2D eigenvalue weighted by Gasteiger charge is -2.15. The molecule has 1 heterocycles. The van der Waals surface area contributed by atoms with E-state index < -0.39 is 0 Å². The topological polar surface area (TPSA) is 41.9 Å². The molecule has 0 spiro atoms. The molecule has 4 nitrogen and oxygen atoms in total. The summed E-state index contributed by atoms with van der Waals surface area (Å²) in [6.07, 6.45) is 1.99. The standard InChI is InChI=1S/C19H19ClN2O2/c1-3-4-11-22-16-8-6-5-7-14(16)18(19(22)23)21-13-9-10-17(24-2)15(20)12-13/h5-10,12H,3-4,11H2,1-2H3. The average Bonchev–Trinajstić information content (AvgIpc) is 2.85. The van der Waals surface area contributed by atoms with Gasteiger partial charge >= 0.3 is 0 Å². The first-order valence-corrected chi connectivity index (χ1v) is 8.37. The van der Waals surface area contributed by atoms with Crippen LogP contribution in [0, 0.1) is 0 Å². The lowest BCUT2D eigenvalue weighted by atomic mass is 10.1. The number of para-hydroxylation sites is 1. The third-order valence-electron chi connectivity index (χ3n) is 4.01. The number of aliphatic imine (C=N–C) groups is 1. The van der Waals surface area contributed by atoms with E-state index in [1.807, 2.05) is 29.2 Å². The number of rotatable bonds is 5. The number of ether oxygens (including phenoxy) is 1. The number of fused-ring (bicyclic) bond motifs is 1. The number of amides is 1. The van der Waals surface area contributed by atoms with Gasteiger partial charge in [-0.3, -0.25) is 4.79 Å². The Morgan fingerprint density at radius 3 is 2.71 bits per heavy atom. The van der Waals surface area contributed by atoms with Gasteiger partial charge in [0, 0.05) is 12.1 Å². The van der Waals surface area contributed by atoms with Gasteiger partial charge in [0.15, 0.2) is 0 Å². The largest absolute Gasteiger partial charge is 0.495 e. The monoisotopic (exact) mass is 342 g/mol. The van der Waals surface area contributed by atoms with Gasteiger partial charge in [0.25, 0.3) is 5.91 Å². The van der Waals surface area contributed by atoms with Crippen molar-refractivity contribution in [2.24, 2.45) is 4.99 Å². The summed E-state index contributed by atoms with van der Waals surface area (Å²) in [6, 6.07) is 13.0. The van der Waals surface area contributed by atoms with Crippen molar-refractivity contribution in [1.82, 2.24) is 0 Å². The molecule has 0 aliphatic carbocycles. The number of halogens is 1. The van der Waals surface area contributed by atoms with Crippen LogP contribution in [-0.4, -0.2) is 25.3 Å².